The van der Waals surface area contributed by atoms with Gasteiger partial charge in [0.25, 0.3) is 0 Å². The molecule has 0 aliphatic carbocycles. The van der Waals surface area contributed by atoms with Gasteiger partial charge in [-0.2, -0.15) is 13.2 Å². The Balaban J connectivity index is 2.42. The maximum Gasteiger partial charge on any atom is 0.513 e. The van der Waals surface area contributed by atoms with Crippen LogP contribution in [0.2, 0.25) is 5.02 Å². The second-order valence-electron chi connectivity index (χ2n) is 5.80. The van der Waals surface area contributed by atoms with Crippen molar-refractivity contribution < 1.29 is 36.9 Å². The highest BCUT2D eigenvalue weighted by Gasteiger charge is 2.35. The molecule has 2 aromatic carbocycles. The number of alkyl halides is 3. The number of benzene rings is 2. The third-order valence-corrected chi connectivity index (χ3v) is 4.31. The predicted molar refractivity (Wildman–Crippen MR) is 101 cm³/mol. The molecule has 0 saturated carbocycles. The minimum atomic E-state index is -4.63. The maximum absolute atomic E-state index is 13.5. The van der Waals surface area contributed by atoms with Gasteiger partial charge in [-0.3, -0.25) is 0 Å². The number of carbonyl (C=O) groups is 1. The molecule has 0 heterocycles. The van der Waals surface area contributed by atoms with Crippen molar-refractivity contribution >= 4 is 17.8 Å². The first-order chi connectivity index (χ1) is 13.7. The van der Waals surface area contributed by atoms with E-state index >= 15 is 0 Å². The van der Waals surface area contributed by atoms with Gasteiger partial charge in [-0.05, 0) is 43.2 Å². The summed E-state index contributed by atoms with van der Waals surface area (Å²) in [5.74, 6) is -0.0820. The average molecular weight is 433 g/mol. The first-order valence-corrected chi connectivity index (χ1v) is 9.11. The van der Waals surface area contributed by atoms with E-state index in [-0.39, 0.29) is 22.9 Å². The van der Waals surface area contributed by atoms with Crippen LogP contribution in [0.4, 0.5) is 18.0 Å². The third-order valence-electron chi connectivity index (χ3n) is 3.96. The topological polar surface area (TPSA) is 54.0 Å². The van der Waals surface area contributed by atoms with Crippen LogP contribution in [0, 0.1) is 0 Å². The zero-order valence-corrected chi connectivity index (χ0v) is 16.8. The number of carbonyl (C=O) groups excluding carboxylic acids is 1. The fourth-order valence-electron chi connectivity index (χ4n) is 2.57. The highest BCUT2D eigenvalue weighted by molar-refractivity contribution is 6.31. The van der Waals surface area contributed by atoms with Crippen LogP contribution < -0.4 is 14.2 Å². The first-order valence-electron chi connectivity index (χ1n) is 8.74. The van der Waals surface area contributed by atoms with Crippen LogP contribution in [0.5, 0.6) is 17.2 Å². The zero-order chi connectivity index (χ0) is 21.6. The molecule has 2 rings (SSSR count). The van der Waals surface area contributed by atoms with E-state index in [1.165, 1.54) is 6.07 Å². The molecular formula is C20H20ClF3O5. The number of hydrogen-bond donors (Lipinski definition) is 0. The van der Waals surface area contributed by atoms with Crippen LogP contribution in [-0.2, 0) is 23.9 Å². The molecule has 0 spiro atoms. The minimum Gasteiger partial charge on any atom is -0.493 e. The summed E-state index contributed by atoms with van der Waals surface area (Å²) in [6.45, 7) is 3.38. The van der Waals surface area contributed by atoms with Gasteiger partial charge in [0.05, 0.1) is 24.8 Å². The fourth-order valence-corrected chi connectivity index (χ4v) is 2.85. The highest BCUT2D eigenvalue weighted by atomic mass is 35.5. The molecule has 0 atom stereocenters. The van der Waals surface area contributed by atoms with Crippen molar-refractivity contribution in [2.24, 2.45) is 0 Å². The Hall–Kier alpha value is -2.61. The summed E-state index contributed by atoms with van der Waals surface area (Å²) in [4.78, 5) is 11.5. The number of hydrogen-bond acceptors (Lipinski definition) is 5. The summed E-state index contributed by atoms with van der Waals surface area (Å²) in [5.41, 5.74) is -0.331. The SMILES string of the molecule is CCOc1cccc(OC(=O)OC)c1COc1cc(Cl)c(CC)cc1C(F)(F)F. The monoisotopic (exact) mass is 432 g/mol. The van der Waals surface area contributed by atoms with Gasteiger partial charge >= 0.3 is 12.3 Å². The standard InChI is InChI=1S/C20H20ClF3O5/c1-4-12-9-14(20(22,23)24)18(10-15(12)21)28-11-13-16(27-5-2)7-6-8-17(13)29-19(25)26-3/h6-10H,4-5,11H2,1-3H3. The molecule has 0 radical (unpaired) electrons. The average Bonchev–Trinajstić information content (AvgIpc) is 2.66. The summed E-state index contributed by atoms with van der Waals surface area (Å²) in [6, 6.07) is 6.71. The Morgan fingerprint density at radius 1 is 1.07 bits per heavy atom. The number of rotatable bonds is 7. The van der Waals surface area contributed by atoms with Gasteiger partial charge in [0, 0.05) is 5.02 Å². The molecule has 158 valence electrons. The Kier molecular flexibility index (Phi) is 7.61. The summed E-state index contributed by atoms with van der Waals surface area (Å²) < 4.78 is 60.9. The van der Waals surface area contributed by atoms with Crippen LogP contribution in [0.1, 0.15) is 30.5 Å². The lowest BCUT2D eigenvalue weighted by Crippen LogP contribution is -2.13. The minimum absolute atomic E-state index is 0.0487. The molecule has 29 heavy (non-hydrogen) atoms. The van der Waals surface area contributed by atoms with Crippen molar-refractivity contribution in [3.63, 3.8) is 0 Å². The smallest absolute Gasteiger partial charge is 0.493 e. The van der Waals surface area contributed by atoms with Crippen molar-refractivity contribution in [1.29, 1.82) is 0 Å². The van der Waals surface area contributed by atoms with E-state index in [4.69, 9.17) is 25.8 Å². The van der Waals surface area contributed by atoms with Crippen molar-refractivity contribution in [3.05, 3.63) is 52.0 Å². The summed E-state index contributed by atoms with van der Waals surface area (Å²) in [7, 11) is 1.14. The van der Waals surface area contributed by atoms with E-state index < -0.39 is 23.6 Å². The number of aryl methyl sites for hydroxylation is 1. The molecule has 0 aliphatic heterocycles. The van der Waals surface area contributed by atoms with Crippen LogP contribution >= 0.6 is 11.6 Å². The second-order valence-corrected chi connectivity index (χ2v) is 6.21. The van der Waals surface area contributed by atoms with Crippen LogP contribution in [0.15, 0.2) is 30.3 Å². The first kappa shape index (κ1) is 22.7. The Morgan fingerprint density at radius 3 is 2.34 bits per heavy atom. The van der Waals surface area contributed by atoms with Crippen molar-refractivity contribution in [1.82, 2.24) is 0 Å². The van der Waals surface area contributed by atoms with E-state index in [9.17, 15) is 18.0 Å². The van der Waals surface area contributed by atoms with Gasteiger partial charge in [0.2, 0.25) is 0 Å². The van der Waals surface area contributed by atoms with Crippen molar-refractivity contribution in [2.45, 2.75) is 33.1 Å². The second kappa shape index (κ2) is 9.73. The normalized spacial score (nSPS) is 11.1. The summed E-state index contributed by atoms with van der Waals surface area (Å²) in [6.07, 6.45) is -5.27. The molecule has 5 nitrogen and oxygen atoms in total. The highest BCUT2D eigenvalue weighted by Crippen LogP contribution is 2.40. The Labute approximate surface area is 171 Å². The molecule has 0 unspecified atom stereocenters. The molecule has 9 heteroatoms. The van der Waals surface area contributed by atoms with Crippen LogP contribution in [-0.4, -0.2) is 19.9 Å². The van der Waals surface area contributed by atoms with E-state index in [1.54, 1.807) is 26.0 Å². The maximum atomic E-state index is 13.5. The quantitative estimate of drug-likeness (QED) is 0.394. The van der Waals surface area contributed by atoms with Gasteiger partial charge in [0.1, 0.15) is 23.9 Å². The summed E-state index contributed by atoms with van der Waals surface area (Å²) >= 11 is 6.08. The number of methoxy groups -OCH3 is 1. The predicted octanol–water partition coefficient (Wildman–Crippen LogP) is 6.04. The van der Waals surface area contributed by atoms with Crippen LogP contribution in [0.25, 0.3) is 0 Å². The number of halogens is 4. The van der Waals surface area contributed by atoms with Gasteiger partial charge in [-0.25, -0.2) is 4.79 Å². The molecule has 0 saturated heterocycles. The fraction of sp³-hybridized carbons (Fsp3) is 0.350. The van der Waals surface area contributed by atoms with E-state index in [1.807, 2.05) is 0 Å². The van der Waals surface area contributed by atoms with Gasteiger partial charge < -0.3 is 18.9 Å². The van der Waals surface area contributed by atoms with Crippen molar-refractivity contribution in [3.8, 4) is 17.2 Å². The molecule has 0 N–H and O–H groups in total. The molecule has 0 bridgehead atoms. The lowest BCUT2D eigenvalue weighted by Gasteiger charge is -2.18. The third kappa shape index (κ3) is 5.69. The number of ether oxygens (including phenoxy) is 4. The van der Waals surface area contributed by atoms with E-state index in [0.29, 0.717) is 24.3 Å². The lowest BCUT2D eigenvalue weighted by molar-refractivity contribution is -0.139. The zero-order valence-electron chi connectivity index (χ0n) is 16.1. The lowest BCUT2D eigenvalue weighted by atomic mass is 10.1. The van der Waals surface area contributed by atoms with Gasteiger partial charge in [-0.1, -0.05) is 24.6 Å². The summed E-state index contributed by atoms with van der Waals surface area (Å²) in [5, 5.41) is 0.166. The Morgan fingerprint density at radius 2 is 1.76 bits per heavy atom. The van der Waals surface area contributed by atoms with Gasteiger partial charge in [0.15, 0.2) is 0 Å². The Bertz CT molecular complexity index is 868. The van der Waals surface area contributed by atoms with E-state index in [2.05, 4.69) is 4.74 Å². The molecule has 0 amide bonds. The van der Waals surface area contributed by atoms with Crippen molar-refractivity contribution in [2.75, 3.05) is 13.7 Å². The van der Waals surface area contributed by atoms with Gasteiger partial charge in [-0.15, -0.1) is 0 Å². The molecule has 0 aromatic heterocycles. The van der Waals surface area contributed by atoms with Crippen LogP contribution in [0.3, 0.4) is 0 Å². The molecule has 2 aromatic rings. The largest absolute Gasteiger partial charge is 0.513 e. The van der Waals surface area contributed by atoms with E-state index in [0.717, 1.165) is 19.2 Å². The molecule has 0 fully saturated rings. The molecule has 0 aliphatic rings. The molecular weight excluding hydrogens is 413 g/mol.